The van der Waals surface area contributed by atoms with E-state index in [2.05, 4.69) is 17.2 Å². The number of aryl methyl sites for hydroxylation is 1. The highest BCUT2D eigenvalue weighted by molar-refractivity contribution is 7.89. The molecule has 30 heavy (non-hydrogen) atoms. The summed E-state index contributed by atoms with van der Waals surface area (Å²) in [5, 5.41) is 4.24. The number of fused-ring (bicyclic) bond motifs is 1. The van der Waals surface area contributed by atoms with Crippen LogP contribution < -0.4 is 10.9 Å². The minimum atomic E-state index is -3.14. The maximum absolute atomic E-state index is 13.0. The average Bonchev–Trinajstić information content (AvgIpc) is 3.15. The Balaban J connectivity index is 1.59. The summed E-state index contributed by atoms with van der Waals surface area (Å²) in [5.41, 5.74) is 1.44. The van der Waals surface area contributed by atoms with Crippen LogP contribution in [0.5, 0.6) is 0 Å². The molecule has 9 heteroatoms. The van der Waals surface area contributed by atoms with E-state index in [-0.39, 0.29) is 23.4 Å². The average molecular weight is 434 g/mol. The molecule has 2 atom stereocenters. The zero-order chi connectivity index (χ0) is 21.5. The van der Waals surface area contributed by atoms with Crippen molar-refractivity contribution in [3.05, 3.63) is 28.2 Å². The first-order valence-electron chi connectivity index (χ1n) is 10.9. The quantitative estimate of drug-likeness (QED) is 0.779. The molecule has 2 fully saturated rings. The molecule has 3 heterocycles. The van der Waals surface area contributed by atoms with E-state index in [1.165, 1.54) is 0 Å². The third-order valence-corrected chi connectivity index (χ3v) is 8.53. The van der Waals surface area contributed by atoms with Crippen molar-refractivity contribution >= 4 is 27.0 Å². The lowest BCUT2D eigenvalue weighted by atomic mass is 10.1. The molecule has 1 N–H and O–H groups in total. The molecule has 4 rings (SSSR count). The van der Waals surface area contributed by atoms with Gasteiger partial charge in [-0.15, -0.1) is 0 Å². The minimum absolute atomic E-state index is 0.0315. The lowest BCUT2D eigenvalue weighted by molar-refractivity contribution is 0.329. The van der Waals surface area contributed by atoms with Gasteiger partial charge in [-0.3, -0.25) is 9.36 Å². The number of nitrogens with one attached hydrogen (secondary N) is 1. The lowest BCUT2D eigenvalue weighted by Crippen LogP contribution is -2.43. The van der Waals surface area contributed by atoms with Gasteiger partial charge in [0, 0.05) is 42.3 Å². The second-order valence-electron chi connectivity index (χ2n) is 8.67. The van der Waals surface area contributed by atoms with Crippen molar-refractivity contribution in [3.63, 3.8) is 0 Å². The molecule has 0 unspecified atom stereocenters. The summed E-state index contributed by atoms with van der Waals surface area (Å²) in [7, 11) is -3.14. The van der Waals surface area contributed by atoms with Crippen LogP contribution in [-0.2, 0) is 10.0 Å². The Labute approximate surface area is 177 Å². The van der Waals surface area contributed by atoms with Crippen LogP contribution in [0.4, 0.5) is 5.95 Å². The number of pyridine rings is 1. The maximum Gasteiger partial charge on any atom is 0.255 e. The third kappa shape index (κ3) is 3.97. The summed E-state index contributed by atoms with van der Waals surface area (Å²) in [6.45, 7) is 6.74. The molecule has 1 aliphatic heterocycles. The monoisotopic (exact) mass is 433 g/mol. The Morgan fingerprint density at radius 2 is 1.93 bits per heavy atom. The van der Waals surface area contributed by atoms with Gasteiger partial charge in [0.15, 0.2) is 0 Å². The number of nitrogens with zero attached hydrogens (tertiary/aromatic N) is 4. The first kappa shape index (κ1) is 21.2. The standard InChI is InChI=1S/C21H31N5O3S/c1-4-30(28,29)25-10-8-17(9-11-25)23-21-22-13-16-12-15(3)20(27)26(19(16)24-21)18-7-5-6-14(18)2/h12-14,17-18H,4-11H2,1-3H3,(H,22,23,24)/t14-,18+/m1/s1. The predicted molar refractivity (Wildman–Crippen MR) is 118 cm³/mol. The summed E-state index contributed by atoms with van der Waals surface area (Å²) in [4.78, 5) is 22.2. The molecule has 2 aliphatic rings. The van der Waals surface area contributed by atoms with Gasteiger partial charge in [0.2, 0.25) is 16.0 Å². The third-order valence-electron chi connectivity index (χ3n) is 6.65. The van der Waals surface area contributed by atoms with E-state index in [1.807, 2.05) is 17.6 Å². The van der Waals surface area contributed by atoms with E-state index in [0.29, 0.717) is 43.4 Å². The van der Waals surface area contributed by atoms with Crippen LogP contribution in [0.2, 0.25) is 0 Å². The predicted octanol–water partition coefficient (Wildman–Crippen LogP) is 2.69. The van der Waals surface area contributed by atoms with Crippen molar-refractivity contribution < 1.29 is 8.42 Å². The molecule has 0 spiro atoms. The Morgan fingerprint density at radius 1 is 1.20 bits per heavy atom. The molecule has 1 aliphatic carbocycles. The Kier molecular flexibility index (Phi) is 5.85. The number of rotatable bonds is 5. The van der Waals surface area contributed by atoms with Crippen molar-refractivity contribution in [1.29, 1.82) is 0 Å². The molecular weight excluding hydrogens is 402 g/mol. The van der Waals surface area contributed by atoms with Gasteiger partial charge in [0.05, 0.1) is 5.75 Å². The zero-order valence-corrected chi connectivity index (χ0v) is 18.8. The van der Waals surface area contributed by atoms with Crippen LogP contribution >= 0.6 is 0 Å². The van der Waals surface area contributed by atoms with Crippen LogP contribution in [0.15, 0.2) is 17.1 Å². The summed E-state index contributed by atoms with van der Waals surface area (Å²) in [6.07, 6.45) is 6.45. The number of anilines is 1. The van der Waals surface area contributed by atoms with Gasteiger partial charge in [-0.2, -0.15) is 4.98 Å². The fraction of sp³-hybridized carbons (Fsp3) is 0.667. The summed E-state index contributed by atoms with van der Waals surface area (Å²) in [5.74, 6) is 1.08. The summed E-state index contributed by atoms with van der Waals surface area (Å²) >= 11 is 0. The second-order valence-corrected chi connectivity index (χ2v) is 10.9. The number of sulfonamides is 1. The van der Waals surface area contributed by atoms with Crippen LogP contribution in [0.25, 0.3) is 11.0 Å². The number of hydrogen-bond donors (Lipinski definition) is 1. The zero-order valence-electron chi connectivity index (χ0n) is 18.0. The summed E-state index contributed by atoms with van der Waals surface area (Å²) in [6, 6.07) is 2.15. The molecule has 2 aromatic rings. The van der Waals surface area contributed by atoms with Gasteiger partial charge in [-0.05, 0) is 51.5 Å². The molecule has 0 amide bonds. The van der Waals surface area contributed by atoms with E-state index in [1.54, 1.807) is 17.4 Å². The Morgan fingerprint density at radius 3 is 2.57 bits per heavy atom. The fourth-order valence-corrected chi connectivity index (χ4v) is 5.92. The first-order valence-corrected chi connectivity index (χ1v) is 12.5. The highest BCUT2D eigenvalue weighted by Crippen LogP contribution is 2.36. The first-order chi connectivity index (χ1) is 14.3. The summed E-state index contributed by atoms with van der Waals surface area (Å²) < 4.78 is 27.6. The molecule has 2 aromatic heterocycles. The van der Waals surface area contributed by atoms with Crippen LogP contribution in [0, 0.1) is 12.8 Å². The number of aromatic nitrogens is 3. The lowest BCUT2D eigenvalue weighted by Gasteiger charge is -2.31. The number of hydrogen-bond acceptors (Lipinski definition) is 6. The van der Waals surface area contributed by atoms with Crippen LogP contribution in [-0.4, -0.2) is 52.1 Å². The van der Waals surface area contributed by atoms with Crippen LogP contribution in [0.1, 0.15) is 57.6 Å². The van der Waals surface area contributed by atoms with Gasteiger partial charge < -0.3 is 5.32 Å². The smallest absolute Gasteiger partial charge is 0.255 e. The molecule has 1 saturated heterocycles. The Hall–Kier alpha value is -2.00. The molecule has 1 saturated carbocycles. The van der Waals surface area contributed by atoms with Crippen molar-refractivity contribution in [3.8, 4) is 0 Å². The second kappa shape index (κ2) is 8.26. The SMILES string of the molecule is CCS(=O)(=O)N1CCC(Nc2ncc3cc(C)c(=O)n([C@H]4CCC[C@H]4C)c3n2)CC1. The fourth-order valence-electron chi connectivity index (χ4n) is 4.79. The van der Waals surface area contributed by atoms with Gasteiger partial charge in [-0.25, -0.2) is 17.7 Å². The molecule has 0 aromatic carbocycles. The van der Waals surface area contributed by atoms with Crippen molar-refractivity contribution in [2.45, 2.75) is 65.0 Å². The van der Waals surface area contributed by atoms with Gasteiger partial charge in [0.1, 0.15) is 5.65 Å². The van der Waals surface area contributed by atoms with Gasteiger partial charge in [0.25, 0.3) is 5.56 Å². The molecule has 164 valence electrons. The van der Waals surface area contributed by atoms with E-state index in [4.69, 9.17) is 4.98 Å². The van der Waals surface area contributed by atoms with E-state index in [0.717, 1.165) is 30.2 Å². The molecule has 0 bridgehead atoms. The maximum atomic E-state index is 13.0. The molecule has 8 nitrogen and oxygen atoms in total. The highest BCUT2D eigenvalue weighted by Gasteiger charge is 2.29. The topological polar surface area (TPSA) is 97.2 Å². The van der Waals surface area contributed by atoms with E-state index < -0.39 is 10.0 Å². The largest absolute Gasteiger partial charge is 0.351 e. The highest BCUT2D eigenvalue weighted by atomic mass is 32.2. The van der Waals surface area contributed by atoms with E-state index >= 15 is 0 Å². The van der Waals surface area contributed by atoms with Gasteiger partial charge in [-0.1, -0.05) is 13.3 Å². The van der Waals surface area contributed by atoms with Crippen molar-refractivity contribution in [1.82, 2.24) is 18.8 Å². The molecule has 0 radical (unpaired) electrons. The Bertz CT molecular complexity index is 1090. The van der Waals surface area contributed by atoms with Gasteiger partial charge >= 0.3 is 0 Å². The van der Waals surface area contributed by atoms with Crippen molar-refractivity contribution in [2.75, 3.05) is 24.2 Å². The normalized spacial score (nSPS) is 23.8. The number of piperidine rings is 1. The van der Waals surface area contributed by atoms with E-state index in [9.17, 15) is 13.2 Å². The minimum Gasteiger partial charge on any atom is -0.351 e. The van der Waals surface area contributed by atoms with Crippen molar-refractivity contribution in [2.24, 2.45) is 5.92 Å². The van der Waals surface area contributed by atoms with Crippen LogP contribution in [0.3, 0.4) is 0 Å². The molecular formula is C21H31N5O3S.